The fourth-order valence-corrected chi connectivity index (χ4v) is 4.55. The molecule has 184 valence electrons. The van der Waals surface area contributed by atoms with Crippen molar-refractivity contribution in [1.82, 2.24) is 24.7 Å². The molecule has 2 aliphatic heterocycles. The molecule has 0 unspecified atom stereocenters. The molecule has 1 N–H and O–H groups in total. The number of aromatic nitrogens is 2. The molecule has 8 heteroatoms. The molecule has 0 atom stereocenters. The number of hydrogen-bond acceptors (Lipinski definition) is 8. The van der Waals surface area contributed by atoms with Gasteiger partial charge in [-0.3, -0.25) is 4.90 Å². The van der Waals surface area contributed by atoms with Gasteiger partial charge in [0, 0.05) is 31.1 Å². The van der Waals surface area contributed by atoms with Gasteiger partial charge in [-0.2, -0.15) is 4.98 Å². The summed E-state index contributed by atoms with van der Waals surface area (Å²) in [6, 6.07) is 4.51. The zero-order valence-corrected chi connectivity index (χ0v) is 21.4. The van der Waals surface area contributed by atoms with Gasteiger partial charge < -0.3 is 24.8 Å². The number of hydrogen-bond donors (Lipinski definition) is 1. The van der Waals surface area contributed by atoms with Crippen LogP contribution >= 0.6 is 0 Å². The minimum atomic E-state index is 0.406. The summed E-state index contributed by atoms with van der Waals surface area (Å²) in [5.41, 5.74) is 1.77. The Bertz CT molecular complexity index is 1040. The van der Waals surface area contributed by atoms with Crippen LogP contribution in [0.4, 0.5) is 11.8 Å². The van der Waals surface area contributed by atoms with Crippen molar-refractivity contribution in [3.8, 4) is 17.6 Å². The van der Waals surface area contributed by atoms with E-state index in [1.54, 1.807) is 7.11 Å². The van der Waals surface area contributed by atoms with Crippen molar-refractivity contribution in [2.75, 3.05) is 91.3 Å². The second kappa shape index (κ2) is 11.2. The van der Waals surface area contributed by atoms with Crippen LogP contribution in [0.3, 0.4) is 0 Å². The van der Waals surface area contributed by atoms with E-state index in [0.717, 1.165) is 92.5 Å². The number of piperidine rings is 1. The third-order valence-electron chi connectivity index (χ3n) is 6.69. The first-order valence-electron chi connectivity index (χ1n) is 12.3. The average Bonchev–Trinajstić information content (AvgIpc) is 3.04. The molecule has 1 aromatic heterocycles. The fraction of sp³-hybridized carbons (Fsp3) is 0.615. The van der Waals surface area contributed by atoms with E-state index in [-0.39, 0.29) is 0 Å². The van der Waals surface area contributed by atoms with Gasteiger partial charge in [0.2, 0.25) is 5.95 Å². The predicted octanol–water partition coefficient (Wildman–Crippen LogP) is 2.20. The normalized spacial score (nSPS) is 18.6. The summed E-state index contributed by atoms with van der Waals surface area (Å²) in [5, 5.41) is 4.75. The Hall–Kier alpha value is -2.60. The Balaban J connectivity index is 1.74. The zero-order valence-electron chi connectivity index (χ0n) is 21.4. The van der Waals surface area contributed by atoms with Crippen LogP contribution in [0, 0.1) is 11.8 Å². The highest BCUT2D eigenvalue weighted by atomic mass is 16.5. The summed E-state index contributed by atoms with van der Waals surface area (Å²) in [6.07, 6.45) is 3.33. The van der Waals surface area contributed by atoms with E-state index in [1.165, 1.54) is 0 Å². The third-order valence-corrected chi connectivity index (χ3v) is 6.69. The molecule has 2 aromatic rings. The summed E-state index contributed by atoms with van der Waals surface area (Å²) in [7, 11) is 10.1. The van der Waals surface area contributed by atoms with Crippen molar-refractivity contribution in [2.24, 2.45) is 0 Å². The maximum atomic E-state index is 5.72. The number of methoxy groups -OCH3 is 1. The highest BCUT2D eigenvalue weighted by Crippen LogP contribution is 2.31. The van der Waals surface area contributed by atoms with Crippen molar-refractivity contribution >= 4 is 22.7 Å². The lowest BCUT2D eigenvalue weighted by Gasteiger charge is -2.30. The van der Waals surface area contributed by atoms with E-state index in [1.807, 2.05) is 20.2 Å². The molecule has 0 radical (unpaired) electrons. The van der Waals surface area contributed by atoms with Crippen LogP contribution in [0.25, 0.3) is 10.9 Å². The number of rotatable bonds is 5. The molecule has 1 aromatic carbocycles. The SMILES string of the molecule is COc1cc2c(NC3CCN(C)CC3)nc(N3CCCN(C)CC3)nc2cc1C#CCN(C)C. The van der Waals surface area contributed by atoms with E-state index < -0.39 is 0 Å². The molecule has 2 aliphatic rings. The van der Waals surface area contributed by atoms with Gasteiger partial charge in [0.25, 0.3) is 0 Å². The lowest BCUT2D eigenvalue weighted by Crippen LogP contribution is -2.37. The minimum absolute atomic E-state index is 0.406. The van der Waals surface area contributed by atoms with E-state index >= 15 is 0 Å². The second-order valence-electron chi connectivity index (χ2n) is 9.85. The van der Waals surface area contributed by atoms with Crippen molar-refractivity contribution < 1.29 is 4.74 Å². The molecule has 0 bridgehead atoms. The predicted molar refractivity (Wildman–Crippen MR) is 140 cm³/mol. The number of ether oxygens (including phenoxy) is 1. The van der Waals surface area contributed by atoms with Crippen LogP contribution in [0.2, 0.25) is 0 Å². The molecule has 34 heavy (non-hydrogen) atoms. The Kier molecular flexibility index (Phi) is 8.09. The van der Waals surface area contributed by atoms with Gasteiger partial charge >= 0.3 is 0 Å². The van der Waals surface area contributed by atoms with Crippen LogP contribution in [-0.2, 0) is 0 Å². The number of likely N-dealkylation sites (N-methyl/N-ethyl adjacent to an activating group) is 1. The first-order chi connectivity index (χ1) is 16.4. The monoisotopic (exact) mass is 465 g/mol. The van der Waals surface area contributed by atoms with E-state index in [0.29, 0.717) is 12.6 Å². The summed E-state index contributed by atoms with van der Waals surface area (Å²) in [5.74, 6) is 8.98. The number of fused-ring (bicyclic) bond motifs is 1. The highest BCUT2D eigenvalue weighted by Gasteiger charge is 2.22. The van der Waals surface area contributed by atoms with E-state index in [9.17, 15) is 0 Å². The number of benzene rings is 1. The molecule has 2 saturated heterocycles. The van der Waals surface area contributed by atoms with Crippen molar-refractivity contribution in [1.29, 1.82) is 0 Å². The lowest BCUT2D eigenvalue weighted by atomic mass is 10.0. The molecule has 0 spiro atoms. The summed E-state index contributed by atoms with van der Waals surface area (Å²) in [6.45, 7) is 6.91. The standard InChI is InChI=1S/C26H39N7O/c1-30(2)11-6-8-20-18-23-22(19-24(20)34-5)25(27-21-9-14-32(4)15-10-21)29-26(28-23)33-13-7-12-31(3)16-17-33/h18-19,21H,7,9-17H2,1-5H3,(H,27,28,29). The Labute approximate surface area is 204 Å². The topological polar surface area (TPSA) is 60.0 Å². The van der Waals surface area contributed by atoms with Crippen LogP contribution < -0.4 is 15.0 Å². The molecule has 0 amide bonds. The van der Waals surface area contributed by atoms with Gasteiger partial charge in [-0.05, 0) is 79.2 Å². The van der Waals surface area contributed by atoms with Crippen LogP contribution in [0.1, 0.15) is 24.8 Å². The van der Waals surface area contributed by atoms with Crippen molar-refractivity contribution in [3.05, 3.63) is 17.7 Å². The molecule has 8 nitrogen and oxygen atoms in total. The van der Waals surface area contributed by atoms with Gasteiger partial charge in [-0.25, -0.2) is 4.98 Å². The zero-order chi connectivity index (χ0) is 24.1. The van der Waals surface area contributed by atoms with Gasteiger partial charge in [-0.15, -0.1) is 0 Å². The van der Waals surface area contributed by atoms with Gasteiger partial charge in [0.15, 0.2) is 0 Å². The maximum absolute atomic E-state index is 5.72. The summed E-state index contributed by atoms with van der Waals surface area (Å²) < 4.78 is 5.72. The Morgan fingerprint density at radius 2 is 1.79 bits per heavy atom. The molecule has 2 fully saturated rings. The quantitative estimate of drug-likeness (QED) is 0.675. The van der Waals surface area contributed by atoms with Crippen LogP contribution in [0.5, 0.6) is 5.75 Å². The number of nitrogens with one attached hydrogen (secondary N) is 1. The molecule has 0 saturated carbocycles. The van der Waals surface area contributed by atoms with Crippen LogP contribution in [0.15, 0.2) is 12.1 Å². The van der Waals surface area contributed by atoms with E-state index in [4.69, 9.17) is 14.7 Å². The Morgan fingerprint density at radius 1 is 1.03 bits per heavy atom. The van der Waals surface area contributed by atoms with Crippen molar-refractivity contribution in [3.63, 3.8) is 0 Å². The lowest BCUT2D eigenvalue weighted by molar-refractivity contribution is 0.264. The highest BCUT2D eigenvalue weighted by molar-refractivity contribution is 5.93. The third kappa shape index (κ3) is 6.09. The first-order valence-corrected chi connectivity index (χ1v) is 12.3. The summed E-state index contributed by atoms with van der Waals surface area (Å²) in [4.78, 5) is 19.2. The minimum Gasteiger partial charge on any atom is -0.495 e. The molecule has 4 rings (SSSR count). The fourth-order valence-electron chi connectivity index (χ4n) is 4.55. The number of anilines is 2. The van der Waals surface area contributed by atoms with Crippen LogP contribution in [-0.4, -0.2) is 112 Å². The number of nitrogens with zero attached hydrogens (tertiary/aromatic N) is 6. The number of likely N-dealkylation sites (tertiary alicyclic amines) is 1. The average molecular weight is 466 g/mol. The van der Waals surface area contributed by atoms with Gasteiger partial charge in [0.1, 0.15) is 11.6 Å². The molecular weight excluding hydrogens is 426 g/mol. The Morgan fingerprint density at radius 3 is 2.53 bits per heavy atom. The van der Waals surface area contributed by atoms with Crippen molar-refractivity contribution in [2.45, 2.75) is 25.3 Å². The smallest absolute Gasteiger partial charge is 0.227 e. The summed E-state index contributed by atoms with van der Waals surface area (Å²) >= 11 is 0. The largest absolute Gasteiger partial charge is 0.495 e. The van der Waals surface area contributed by atoms with E-state index in [2.05, 4.69) is 56.9 Å². The maximum Gasteiger partial charge on any atom is 0.227 e. The van der Waals surface area contributed by atoms with Gasteiger partial charge in [-0.1, -0.05) is 11.8 Å². The second-order valence-corrected chi connectivity index (χ2v) is 9.85. The molecule has 3 heterocycles. The first kappa shape index (κ1) is 24.5. The molecule has 0 aliphatic carbocycles. The molecular formula is C26H39N7O. The van der Waals surface area contributed by atoms with Gasteiger partial charge in [0.05, 0.1) is 24.7 Å².